The van der Waals surface area contributed by atoms with Gasteiger partial charge in [0.1, 0.15) is 5.60 Å². The molecule has 8 heteroatoms. The van der Waals surface area contributed by atoms with Crippen LogP contribution in [0.15, 0.2) is 42.5 Å². The van der Waals surface area contributed by atoms with Crippen molar-refractivity contribution in [3.05, 3.63) is 48.0 Å². The molecule has 7 nitrogen and oxygen atoms in total. The van der Waals surface area contributed by atoms with Crippen LogP contribution in [0.3, 0.4) is 0 Å². The van der Waals surface area contributed by atoms with Gasteiger partial charge in [-0.05, 0) is 62.4 Å². The van der Waals surface area contributed by atoms with Crippen molar-refractivity contribution in [2.75, 3.05) is 19.4 Å². The van der Waals surface area contributed by atoms with Gasteiger partial charge in [0.15, 0.2) is 0 Å². The molecule has 0 N–H and O–H groups in total. The maximum absolute atomic E-state index is 12.8. The van der Waals surface area contributed by atoms with E-state index in [-0.39, 0.29) is 24.8 Å². The fourth-order valence-electron chi connectivity index (χ4n) is 3.88. The molecule has 3 rings (SSSR count). The predicted octanol–water partition coefficient (Wildman–Crippen LogP) is 4.49. The fraction of sp³-hybridized carbons (Fsp3) is 0.542. The number of amides is 1. The lowest BCUT2D eigenvalue weighted by atomic mass is 10.1. The van der Waals surface area contributed by atoms with E-state index in [1.807, 2.05) is 32.9 Å². The highest BCUT2D eigenvalue weighted by Crippen LogP contribution is 2.27. The Morgan fingerprint density at radius 2 is 1.84 bits per heavy atom. The number of nitrogens with zero attached hydrogens (tertiary/aromatic N) is 1. The molecule has 0 aliphatic carbocycles. The van der Waals surface area contributed by atoms with Crippen molar-refractivity contribution in [2.45, 2.75) is 64.4 Å². The van der Waals surface area contributed by atoms with Gasteiger partial charge in [-0.3, -0.25) is 4.18 Å². The molecule has 0 spiro atoms. The maximum Gasteiger partial charge on any atom is 0.410 e. The maximum atomic E-state index is 12.8. The van der Waals surface area contributed by atoms with Gasteiger partial charge in [0.25, 0.3) is 10.1 Å². The Balaban J connectivity index is 1.60. The van der Waals surface area contributed by atoms with E-state index in [2.05, 4.69) is 30.3 Å². The van der Waals surface area contributed by atoms with E-state index in [0.29, 0.717) is 32.4 Å². The SMILES string of the molecule is CC(C)(C)OC(=O)N1C[C@H](OCc2ccc3ccccc3c2)C[C@H]1CCCOS(C)(=O)=O. The van der Waals surface area contributed by atoms with Crippen molar-refractivity contribution in [2.24, 2.45) is 0 Å². The fourth-order valence-corrected chi connectivity index (χ4v) is 4.30. The first-order valence-corrected chi connectivity index (χ1v) is 12.8. The second kappa shape index (κ2) is 10.2. The normalized spacial score (nSPS) is 19.4. The van der Waals surface area contributed by atoms with E-state index >= 15 is 0 Å². The minimum absolute atomic E-state index is 0.0883. The van der Waals surface area contributed by atoms with Gasteiger partial charge in [0, 0.05) is 6.04 Å². The summed E-state index contributed by atoms with van der Waals surface area (Å²) >= 11 is 0. The third kappa shape index (κ3) is 7.46. The Morgan fingerprint density at radius 3 is 2.53 bits per heavy atom. The number of ether oxygens (including phenoxy) is 2. The van der Waals surface area contributed by atoms with Crippen LogP contribution in [0.2, 0.25) is 0 Å². The van der Waals surface area contributed by atoms with Gasteiger partial charge in [-0.1, -0.05) is 36.4 Å². The van der Waals surface area contributed by atoms with Crippen LogP contribution in [0.1, 0.15) is 45.6 Å². The third-order valence-corrected chi connectivity index (χ3v) is 5.88. The molecule has 0 bridgehead atoms. The van der Waals surface area contributed by atoms with Gasteiger partial charge in [0.2, 0.25) is 0 Å². The molecule has 2 aromatic rings. The molecular weight excluding hydrogens is 430 g/mol. The highest BCUT2D eigenvalue weighted by atomic mass is 32.2. The summed E-state index contributed by atoms with van der Waals surface area (Å²) < 4.78 is 38.9. The zero-order valence-electron chi connectivity index (χ0n) is 19.2. The summed E-state index contributed by atoms with van der Waals surface area (Å²) in [5.74, 6) is 0. The van der Waals surface area contributed by atoms with E-state index in [0.717, 1.165) is 11.8 Å². The first kappa shape index (κ1) is 24.5. The molecule has 32 heavy (non-hydrogen) atoms. The summed E-state index contributed by atoms with van der Waals surface area (Å²) in [5, 5.41) is 2.35. The number of carbonyl (C=O) groups is 1. The molecule has 2 atom stereocenters. The molecular formula is C24H33NO6S. The first-order valence-electron chi connectivity index (χ1n) is 10.9. The van der Waals surface area contributed by atoms with Gasteiger partial charge in [-0.15, -0.1) is 0 Å². The van der Waals surface area contributed by atoms with Gasteiger partial charge in [-0.25, -0.2) is 4.79 Å². The molecule has 0 radical (unpaired) electrons. The first-order chi connectivity index (χ1) is 15.0. The summed E-state index contributed by atoms with van der Waals surface area (Å²) in [6.45, 7) is 6.51. The van der Waals surface area contributed by atoms with Crippen LogP contribution in [0.25, 0.3) is 10.8 Å². The zero-order chi connectivity index (χ0) is 23.4. The molecule has 0 aromatic heterocycles. The van der Waals surface area contributed by atoms with E-state index in [1.165, 1.54) is 10.8 Å². The lowest BCUT2D eigenvalue weighted by molar-refractivity contribution is 0.0144. The van der Waals surface area contributed by atoms with Crippen LogP contribution in [-0.4, -0.2) is 56.6 Å². The second-order valence-corrected chi connectivity index (χ2v) is 10.9. The number of fused-ring (bicyclic) bond motifs is 1. The highest BCUT2D eigenvalue weighted by Gasteiger charge is 2.37. The van der Waals surface area contributed by atoms with E-state index in [4.69, 9.17) is 13.7 Å². The van der Waals surface area contributed by atoms with Crippen molar-refractivity contribution < 1.29 is 26.9 Å². The Morgan fingerprint density at radius 1 is 1.12 bits per heavy atom. The van der Waals surface area contributed by atoms with Crippen LogP contribution >= 0.6 is 0 Å². The standard InChI is InChI=1S/C24H33NO6S/c1-24(2,3)31-23(26)25-16-22(15-21(25)10-7-13-30-32(4,27)28)29-17-18-11-12-19-8-5-6-9-20(19)14-18/h5-6,8-9,11-12,14,21-22H,7,10,13,15-17H2,1-4H3/t21-,22-/m1/s1. The Labute approximate surface area is 190 Å². The Hall–Kier alpha value is -2.16. The Kier molecular flexibility index (Phi) is 7.79. The molecule has 1 heterocycles. The second-order valence-electron chi connectivity index (χ2n) is 9.31. The topological polar surface area (TPSA) is 82.1 Å². The summed E-state index contributed by atoms with van der Waals surface area (Å²) in [6, 6.07) is 14.4. The van der Waals surface area contributed by atoms with Gasteiger partial charge < -0.3 is 14.4 Å². The molecule has 1 amide bonds. The number of rotatable bonds is 8. The number of benzene rings is 2. The monoisotopic (exact) mass is 463 g/mol. The van der Waals surface area contributed by atoms with Crippen LogP contribution in [0, 0.1) is 0 Å². The smallest absolute Gasteiger partial charge is 0.410 e. The number of carbonyl (C=O) groups excluding carboxylic acids is 1. The average Bonchev–Trinajstić information content (AvgIpc) is 3.11. The average molecular weight is 464 g/mol. The molecule has 1 saturated heterocycles. The van der Waals surface area contributed by atoms with E-state index in [9.17, 15) is 13.2 Å². The van der Waals surface area contributed by atoms with E-state index in [1.54, 1.807) is 4.90 Å². The summed E-state index contributed by atoms with van der Waals surface area (Å²) in [6.07, 6.45) is 2.36. The number of likely N-dealkylation sites (tertiary alicyclic amines) is 1. The lowest BCUT2D eigenvalue weighted by Gasteiger charge is -2.28. The number of hydrogen-bond acceptors (Lipinski definition) is 6. The van der Waals surface area contributed by atoms with E-state index < -0.39 is 15.7 Å². The van der Waals surface area contributed by atoms with Crippen LogP contribution in [0.5, 0.6) is 0 Å². The molecule has 0 saturated carbocycles. The van der Waals surface area contributed by atoms with Crippen molar-refractivity contribution >= 4 is 27.0 Å². The van der Waals surface area contributed by atoms with Crippen molar-refractivity contribution in [3.8, 4) is 0 Å². The van der Waals surface area contributed by atoms with Crippen molar-refractivity contribution in [3.63, 3.8) is 0 Å². The van der Waals surface area contributed by atoms with Gasteiger partial charge >= 0.3 is 6.09 Å². The third-order valence-electron chi connectivity index (χ3n) is 5.28. The molecule has 1 aliphatic heterocycles. The van der Waals surface area contributed by atoms with Gasteiger partial charge in [-0.2, -0.15) is 8.42 Å². The largest absolute Gasteiger partial charge is 0.444 e. The molecule has 2 aromatic carbocycles. The summed E-state index contributed by atoms with van der Waals surface area (Å²) in [5.41, 5.74) is 0.489. The predicted molar refractivity (Wildman–Crippen MR) is 124 cm³/mol. The summed E-state index contributed by atoms with van der Waals surface area (Å²) in [4.78, 5) is 14.5. The lowest BCUT2D eigenvalue weighted by Crippen LogP contribution is -2.40. The minimum Gasteiger partial charge on any atom is -0.444 e. The highest BCUT2D eigenvalue weighted by molar-refractivity contribution is 7.85. The van der Waals surface area contributed by atoms with Crippen molar-refractivity contribution in [1.82, 2.24) is 4.90 Å². The van der Waals surface area contributed by atoms with Gasteiger partial charge in [0.05, 0.1) is 32.1 Å². The Bertz CT molecular complexity index is 1030. The minimum atomic E-state index is -3.47. The quantitative estimate of drug-likeness (QED) is 0.424. The number of hydrogen-bond donors (Lipinski definition) is 0. The zero-order valence-corrected chi connectivity index (χ0v) is 20.1. The summed E-state index contributed by atoms with van der Waals surface area (Å²) in [7, 11) is -3.47. The molecule has 1 fully saturated rings. The van der Waals surface area contributed by atoms with Crippen LogP contribution in [0.4, 0.5) is 4.79 Å². The molecule has 1 aliphatic rings. The molecule has 176 valence electrons. The van der Waals surface area contributed by atoms with Crippen molar-refractivity contribution in [1.29, 1.82) is 0 Å². The van der Waals surface area contributed by atoms with Crippen LogP contribution in [-0.2, 0) is 30.4 Å². The van der Waals surface area contributed by atoms with Crippen LogP contribution < -0.4 is 0 Å². The molecule has 0 unspecified atom stereocenters.